The van der Waals surface area contributed by atoms with Crippen molar-refractivity contribution in [3.63, 3.8) is 0 Å². The predicted octanol–water partition coefficient (Wildman–Crippen LogP) is 3.48. The molecule has 172 valence electrons. The van der Waals surface area contributed by atoms with E-state index in [0.29, 0.717) is 0 Å². The Morgan fingerprint density at radius 3 is 2.45 bits per heavy atom. The molecule has 1 amide bonds. The maximum atomic E-state index is 12.8. The van der Waals surface area contributed by atoms with E-state index in [9.17, 15) is 27.9 Å². The molecule has 0 atom stereocenters. The van der Waals surface area contributed by atoms with Crippen LogP contribution in [0.5, 0.6) is 0 Å². The first-order valence-corrected chi connectivity index (χ1v) is 9.96. The van der Waals surface area contributed by atoms with E-state index in [4.69, 9.17) is 0 Å². The predicted molar refractivity (Wildman–Crippen MR) is 115 cm³/mol. The van der Waals surface area contributed by atoms with Crippen LogP contribution in [0.2, 0.25) is 0 Å². The van der Waals surface area contributed by atoms with Crippen molar-refractivity contribution in [2.75, 3.05) is 0 Å². The Labute approximate surface area is 188 Å². The highest BCUT2D eigenvalue weighted by molar-refractivity contribution is 5.87. The first-order valence-electron chi connectivity index (χ1n) is 9.96. The van der Waals surface area contributed by atoms with Gasteiger partial charge in [-0.3, -0.25) is 4.79 Å². The molecule has 2 aromatic carbocycles. The van der Waals surface area contributed by atoms with Gasteiger partial charge in [0.1, 0.15) is 0 Å². The molecule has 0 unspecified atom stereocenters. The van der Waals surface area contributed by atoms with Gasteiger partial charge in [-0.05, 0) is 61.7 Å². The smallest absolute Gasteiger partial charge is 0.416 e. The highest BCUT2D eigenvalue weighted by atomic mass is 19.4. The summed E-state index contributed by atoms with van der Waals surface area (Å²) in [6.45, 7) is 5.52. The van der Waals surface area contributed by atoms with Crippen LogP contribution in [0.3, 0.4) is 0 Å². The number of hydrazone groups is 1. The quantitative estimate of drug-likeness (QED) is 0.455. The Kier molecular flexibility index (Phi) is 6.71. The molecule has 0 aliphatic rings. The molecule has 0 aliphatic heterocycles. The molecule has 0 saturated heterocycles. The number of benzene rings is 2. The molecule has 9 heteroatoms. The molecule has 1 N–H and O–H groups in total. The van der Waals surface area contributed by atoms with E-state index in [0.717, 1.165) is 40.3 Å². The van der Waals surface area contributed by atoms with Crippen molar-refractivity contribution in [1.82, 2.24) is 9.99 Å². The minimum Gasteiger partial charge on any atom is -0.545 e. The third-order valence-electron chi connectivity index (χ3n) is 5.16. The Hall–Kier alpha value is -3.88. The Morgan fingerprint density at radius 1 is 1.09 bits per heavy atom. The summed E-state index contributed by atoms with van der Waals surface area (Å²) in [7, 11) is 0. The number of nitrogens with zero attached hydrogens (tertiary/aromatic N) is 2. The van der Waals surface area contributed by atoms with Gasteiger partial charge in [-0.2, -0.15) is 18.3 Å². The molecule has 3 rings (SSSR count). The number of carboxylic acid groups (broad SMARTS) is 1. The van der Waals surface area contributed by atoms with Gasteiger partial charge < -0.3 is 14.5 Å². The Balaban J connectivity index is 1.73. The lowest BCUT2D eigenvalue weighted by atomic mass is 10.1. The van der Waals surface area contributed by atoms with Crippen LogP contribution in [0.4, 0.5) is 13.2 Å². The minimum absolute atomic E-state index is 0.0870. The van der Waals surface area contributed by atoms with Gasteiger partial charge in [0.25, 0.3) is 0 Å². The fraction of sp³-hybridized carbons (Fsp3) is 0.208. The van der Waals surface area contributed by atoms with Crippen molar-refractivity contribution in [3.05, 3.63) is 87.7 Å². The maximum Gasteiger partial charge on any atom is 0.416 e. The number of carboxylic acids is 1. The molecular weight excluding hydrogens is 435 g/mol. The molecule has 0 aliphatic carbocycles. The van der Waals surface area contributed by atoms with Crippen LogP contribution in [-0.2, 0) is 17.4 Å². The van der Waals surface area contributed by atoms with Gasteiger partial charge in [0.05, 0.1) is 24.2 Å². The second-order valence-corrected chi connectivity index (χ2v) is 7.62. The topological polar surface area (TPSA) is 86.5 Å². The highest BCUT2D eigenvalue weighted by Crippen LogP contribution is 2.29. The summed E-state index contributed by atoms with van der Waals surface area (Å²) in [6.07, 6.45) is -3.27. The molecule has 0 radical (unpaired) electrons. The van der Waals surface area contributed by atoms with Crippen LogP contribution < -0.4 is 10.5 Å². The number of nitrogens with one attached hydrogen (secondary N) is 1. The largest absolute Gasteiger partial charge is 0.545 e. The van der Waals surface area contributed by atoms with E-state index in [-0.39, 0.29) is 17.5 Å². The summed E-state index contributed by atoms with van der Waals surface area (Å²) in [6, 6.07) is 11.1. The average Bonchev–Trinajstić information content (AvgIpc) is 3.00. The fourth-order valence-electron chi connectivity index (χ4n) is 3.58. The monoisotopic (exact) mass is 456 g/mol. The van der Waals surface area contributed by atoms with Crippen LogP contribution in [0, 0.1) is 20.8 Å². The van der Waals surface area contributed by atoms with Crippen LogP contribution >= 0.6 is 0 Å². The first-order chi connectivity index (χ1) is 15.5. The maximum absolute atomic E-state index is 12.8. The normalized spacial score (nSPS) is 11.7. The summed E-state index contributed by atoms with van der Waals surface area (Å²) >= 11 is 0. The molecule has 1 aromatic heterocycles. The molecular formula is C24H21F3N3O3-. The highest BCUT2D eigenvalue weighted by Gasteiger charge is 2.30. The number of alkyl halides is 3. The molecule has 1 heterocycles. The fourth-order valence-corrected chi connectivity index (χ4v) is 3.58. The third kappa shape index (κ3) is 5.49. The van der Waals surface area contributed by atoms with Gasteiger partial charge in [0.2, 0.25) is 5.91 Å². The molecule has 6 nitrogen and oxygen atoms in total. The van der Waals surface area contributed by atoms with Gasteiger partial charge in [-0.25, -0.2) is 5.43 Å². The summed E-state index contributed by atoms with van der Waals surface area (Å²) in [5.41, 5.74) is 5.78. The average molecular weight is 456 g/mol. The molecule has 0 saturated carbocycles. The number of hydrogen-bond acceptors (Lipinski definition) is 4. The van der Waals surface area contributed by atoms with Crippen molar-refractivity contribution in [2.45, 2.75) is 33.4 Å². The van der Waals surface area contributed by atoms with Crippen LogP contribution in [0.15, 0.2) is 53.6 Å². The van der Waals surface area contributed by atoms with Crippen LogP contribution in [0.1, 0.15) is 44.0 Å². The number of carbonyl (C=O) groups excluding carboxylic acids is 2. The van der Waals surface area contributed by atoms with E-state index in [2.05, 4.69) is 10.5 Å². The lowest BCUT2D eigenvalue weighted by molar-refractivity contribution is -0.255. The SMILES string of the molecule is Cc1cc(C(=O)[O-])ccc1-n1c(C)cc(/C=N\NC(=O)Cc2cccc(C(F)(F)F)c2)c1C. The van der Waals surface area contributed by atoms with E-state index in [1.807, 2.05) is 24.5 Å². The standard InChI is InChI=1S/C24H22F3N3O3/c1-14-9-18(23(32)33)7-8-21(14)30-15(2)10-19(16(30)3)13-28-29-22(31)12-17-5-4-6-20(11-17)24(25,26)27/h4-11,13H,12H2,1-3H3,(H,29,31)(H,32,33)/p-1/b28-13-. The second-order valence-electron chi connectivity index (χ2n) is 7.62. The molecule has 33 heavy (non-hydrogen) atoms. The summed E-state index contributed by atoms with van der Waals surface area (Å²) in [5, 5.41) is 15.0. The van der Waals surface area contributed by atoms with Gasteiger partial charge in [-0.15, -0.1) is 0 Å². The Bertz CT molecular complexity index is 1240. The number of halogens is 3. The molecule has 3 aromatic rings. The van der Waals surface area contributed by atoms with Gasteiger partial charge in [0.15, 0.2) is 0 Å². The van der Waals surface area contributed by atoms with Gasteiger partial charge in [0, 0.05) is 22.6 Å². The summed E-state index contributed by atoms with van der Waals surface area (Å²) in [4.78, 5) is 23.2. The zero-order chi connectivity index (χ0) is 24.3. The van der Waals surface area contributed by atoms with E-state index in [1.54, 1.807) is 13.0 Å². The first kappa shape index (κ1) is 23.8. The van der Waals surface area contributed by atoms with Crippen LogP contribution in [0.25, 0.3) is 5.69 Å². The lowest BCUT2D eigenvalue weighted by Crippen LogP contribution is -2.22. The number of aromatic nitrogens is 1. The van der Waals surface area contributed by atoms with Crippen molar-refractivity contribution in [1.29, 1.82) is 0 Å². The van der Waals surface area contributed by atoms with E-state index in [1.165, 1.54) is 30.5 Å². The van der Waals surface area contributed by atoms with E-state index < -0.39 is 23.6 Å². The number of aryl methyl sites for hydroxylation is 2. The van der Waals surface area contributed by atoms with E-state index >= 15 is 0 Å². The zero-order valence-electron chi connectivity index (χ0n) is 18.2. The molecule has 0 fully saturated rings. The lowest BCUT2D eigenvalue weighted by Gasteiger charge is -2.14. The molecule has 0 spiro atoms. The van der Waals surface area contributed by atoms with Crippen molar-refractivity contribution in [2.24, 2.45) is 5.10 Å². The number of amides is 1. The van der Waals surface area contributed by atoms with Gasteiger partial charge >= 0.3 is 6.18 Å². The summed E-state index contributed by atoms with van der Waals surface area (Å²) < 4.78 is 40.4. The minimum atomic E-state index is -4.48. The molecule has 0 bridgehead atoms. The third-order valence-corrected chi connectivity index (χ3v) is 5.16. The summed E-state index contributed by atoms with van der Waals surface area (Å²) in [5.74, 6) is -1.80. The number of rotatable bonds is 6. The van der Waals surface area contributed by atoms with Crippen LogP contribution in [-0.4, -0.2) is 22.7 Å². The van der Waals surface area contributed by atoms with Crippen molar-refractivity contribution in [3.8, 4) is 5.69 Å². The number of hydrogen-bond donors (Lipinski definition) is 1. The van der Waals surface area contributed by atoms with Crippen molar-refractivity contribution >= 4 is 18.1 Å². The number of carbonyl (C=O) groups is 2. The Morgan fingerprint density at radius 2 is 1.82 bits per heavy atom. The van der Waals surface area contributed by atoms with Crippen molar-refractivity contribution < 1.29 is 27.9 Å². The van der Waals surface area contributed by atoms with Gasteiger partial charge in [-0.1, -0.05) is 24.3 Å². The number of aromatic carboxylic acids is 1. The zero-order valence-corrected chi connectivity index (χ0v) is 18.2. The second kappa shape index (κ2) is 9.32.